The third-order valence-electron chi connectivity index (χ3n) is 3.30. The van der Waals surface area contributed by atoms with Crippen molar-refractivity contribution in [3.8, 4) is 0 Å². The summed E-state index contributed by atoms with van der Waals surface area (Å²) in [5, 5.41) is 0. The highest BCUT2D eigenvalue weighted by Gasteiger charge is 2.44. The minimum absolute atomic E-state index is 0.627. The summed E-state index contributed by atoms with van der Waals surface area (Å²) < 4.78 is 5.58. The zero-order valence-electron chi connectivity index (χ0n) is 6.12. The standard InChI is InChI=1S/C8H13NO/c1-2-7-4-8-3-6(1)9(7)5-10-8/h6-8H,1-5H2. The number of hydrogen-bond acceptors (Lipinski definition) is 2. The maximum absolute atomic E-state index is 5.58. The molecular weight excluding hydrogens is 126 g/mol. The van der Waals surface area contributed by atoms with Crippen LogP contribution >= 0.6 is 0 Å². The van der Waals surface area contributed by atoms with E-state index in [-0.39, 0.29) is 0 Å². The van der Waals surface area contributed by atoms with Crippen molar-refractivity contribution in [2.75, 3.05) is 6.73 Å². The molecule has 2 unspecified atom stereocenters. The molecule has 2 heteroatoms. The van der Waals surface area contributed by atoms with Crippen molar-refractivity contribution >= 4 is 0 Å². The summed E-state index contributed by atoms with van der Waals surface area (Å²) in [5.41, 5.74) is 0. The number of piperidine rings is 1. The van der Waals surface area contributed by atoms with Crippen LogP contribution in [0.15, 0.2) is 0 Å². The third-order valence-corrected chi connectivity index (χ3v) is 3.30. The summed E-state index contributed by atoms with van der Waals surface area (Å²) in [5.74, 6) is 0. The average Bonchev–Trinajstić information content (AvgIpc) is 2.29. The number of fused-ring (bicyclic) bond motifs is 1. The Morgan fingerprint density at radius 2 is 1.80 bits per heavy atom. The van der Waals surface area contributed by atoms with E-state index < -0.39 is 0 Å². The fourth-order valence-electron chi connectivity index (χ4n) is 2.76. The van der Waals surface area contributed by atoms with Crippen LogP contribution in [0.4, 0.5) is 0 Å². The van der Waals surface area contributed by atoms with Crippen LogP contribution in [0.2, 0.25) is 0 Å². The highest BCUT2D eigenvalue weighted by atomic mass is 16.5. The van der Waals surface area contributed by atoms with Gasteiger partial charge in [0.2, 0.25) is 0 Å². The molecule has 56 valence electrons. The maximum Gasteiger partial charge on any atom is 0.0998 e. The molecule has 10 heavy (non-hydrogen) atoms. The first-order chi connectivity index (χ1) is 4.93. The Labute approximate surface area is 61.1 Å². The lowest BCUT2D eigenvalue weighted by Crippen LogP contribution is -2.52. The van der Waals surface area contributed by atoms with Crippen molar-refractivity contribution in [3.63, 3.8) is 0 Å². The van der Waals surface area contributed by atoms with Crippen LogP contribution in [-0.4, -0.2) is 29.8 Å². The van der Waals surface area contributed by atoms with Crippen molar-refractivity contribution in [3.05, 3.63) is 0 Å². The molecule has 0 saturated carbocycles. The second-order valence-electron chi connectivity index (χ2n) is 3.79. The molecule has 4 heterocycles. The molecule has 0 N–H and O–H groups in total. The number of rotatable bonds is 0. The van der Waals surface area contributed by atoms with Crippen LogP contribution in [0, 0.1) is 0 Å². The predicted octanol–water partition coefficient (Wildman–Crippen LogP) is 0.970. The summed E-state index contributed by atoms with van der Waals surface area (Å²) in [6.45, 7) is 0.931. The summed E-state index contributed by atoms with van der Waals surface area (Å²) in [7, 11) is 0. The zero-order valence-corrected chi connectivity index (χ0v) is 6.12. The second-order valence-corrected chi connectivity index (χ2v) is 3.79. The molecular formula is C8H13NO. The van der Waals surface area contributed by atoms with Crippen molar-refractivity contribution in [2.24, 2.45) is 0 Å². The molecule has 0 amide bonds. The lowest BCUT2D eigenvalue weighted by molar-refractivity contribution is -0.146. The minimum atomic E-state index is 0.627. The molecule has 2 nitrogen and oxygen atoms in total. The van der Waals surface area contributed by atoms with Gasteiger partial charge in [0.1, 0.15) is 0 Å². The van der Waals surface area contributed by atoms with Crippen LogP contribution in [-0.2, 0) is 4.74 Å². The van der Waals surface area contributed by atoms with Gasteiger partial charge in [-0.2, -0.15) is 0 Å². The van der Waals surface area contributed by atoms with E-state index in [9.17, 15) is 0 Å². The molecule has 4 aliphatic heterocycles. The van der Waals surface area contributed by atoms with Crippen molar-refractivity contribution in [2.45, 2.75) is 43.9 Å². The van der Waals surface area contributed by atoms with Crippen LogP contribution in [0.25, 0.3) is 0 Å². The minimum Gasteiger partial charge on any atom is -0.363 e. The Morgan fingerprint density at radius 3 is 2.30 bits per heavy atom. The lowest BCUT2D eigenvalue weighted by Gasteiger charge is -2.44. The van der Waals surface area contributed by atoms with Gasteiger partial charge in [0.15, 0.2) is 0 Å². The summed E-state index contributed by atoms with van der Waals surface area (Å²) in [6, 6.07) is 1.80. The van der Waals surface area contributed by atoms with Gasteiger partial charge in [-0.15, -0.1) is 0 Å². The van der Waals surface area contributed by atoms with E-state index >= 15 is 0 Å². The molecule has 4 rings (SSSR count). The van der Waals surface area contributed by atoms with E-state index in [0.717, 1.165) is 18.8 Å². The van der Waals surface area contributed by atoms with Crippen LogP contribution < -0.4 is 0 Å². The molecule has 4 fully saturated rings. The quantitative estimate of drug-likeness (QED) is 0.496. The van der Waals surface area contributed by atoms with Gasteiger partial charge in [-0.05, 0) is 25.7 Å². The van der Waals surface area contributed by atoms with E-state index in [4.69, 9.17) is 4.74 Å². The molecule has 4 bridgehead atoms. The monoisotopic (exact) mass is 139 g/mol. The highest BCUT2D eigenvalue weighted by Crippen LogP contribution is 2.40. The normalized spacial score (nSPS) is 57.6. The van der Waals surface area contributed by atoms with Gasteiger partial charge in [0.25, 0.3) is 0 Å². The number of hydrogen-bond donors (Lipinski definition) is 0. The molecule has 2 atom stereocenters. The Balaban J connectivity index is 1.94. The molecule has 0 spiro atoms. The molecule has 0 aromatic heterocycles. The Hall–Kier alpha value is -0.0800. The largest absolute Gasteiger partial charge is 0.363 e. The van der Waals surface area contributed by atoms with E-state index in [0.29, 0.717) is 6.10 Å². The first kappa shape index (κ1) is 5.56. The van der Waals surface area contributed by atoms with Crippen LogP contribution in [0.3, 0.4) is 0 Å². The van der Waals surface area contributed by atoms with Gasteiger partial charge in [0, 0.05) is 12.1 Å². The molecule has 0 aromatic carbocycles. The van der Waals surface area contributed by atoms with Crippen LogP contribution in [0.1, 0.15) is 25.7 Å². The van der Waals surface area contributed by atoms with Gasteiger partial charge < -0.3 is 4.74 Å². The fraction of sp³-hybridized carbons (Fsp3) is 1.00. The Kier molecular flexibility index (Phi) is 0.968. The summed E-state index contributed by atoms with van der Waals surface area (Å²) in [4.78, 5) is 2.56. The maximum atomic E-state index is 5.58. The summed E-state index contributed by atoms with van der Waals surface area (Å²) >= 11 is 0. The number of nitrogens with zero attached hydrogens (tertiary/aromatic N) is 1. The Bertz CT molecular complexity index is 145. The van der Waals surface area contributed by atoms with Gasteiger partial charge in [-0.3, -0.25) is 4.90 Å². The topological polar surface area (TPSA) is 12.5 Å². The van der Waals surface area contributed by atoms with Gasteiger partial charge in [0.05, 0.1) is 12.8 Å². The molecule has 4 aliphatic rings. The van der Waals surface area contributed by atoms with Crippen molar-refractivity contribution in [1.82, 2.24) is 4.90 Å². The second kappa shape index (κ2) is 1.74. The smallest absolute Gasteiger partial charge is 0.0998 e. The van der Waals surface area contributed by atoms with Crippen molar-refractivity contribution in [1.29, 1.82) is 0 Å². The van der Waals surface area contributed by atoms with Gasteiger partial charge in [-0.25, -0.2) is 0 Å². The summed E-state index contributed by atoms with van der Waals surface area (Å²) in [6.07, 6.45) is 6.13. The van der Waals surface area contributed by atoms with Crippen molar-refractivity contribution < 1.29 is 4.74 Å². The number of ether oxygens (including phenoxy) is 1. The van der Waals surface area contributed by atoms with E-state index in [1.165, 1.54) is 25.7 Å². The first-order valence-electron chi connectivity index (χ1n) is 4.31. The Morgan fingerprint density at radius 1 is 1.10 bits per heavy atom. The molecule has 0 radical (unpaired) electrons. The van der Waals surface area contributed by atoms with E-state index in [1.807, 2.05) is 0 Å². The molecule has 0 aromatic rings. The van der Waals surface area contributed by atoms with E-state index in [2.05, 4.69) is 4.90 Å². The highest BCUT2D eigenvalue weighted by molar-refractivity contribution is 4.97. The SMILES string of the molecule is C1CC2CC3CC1N2CO3. The average molecular weight is 139 g/mol. The van der Waals surface area contributed by atoms with Gasteiger partial charge >= 0.3 is 0 Å². The fourth-order valence-corrected chi connectivity index (χ4v) is 2.76. The third kappa shape index (κ3) is 0.565. The first-order valence-corrected chi connectivity index (χ1v) is 4.31. The zero-order chi connectivity index (χ0) is 6.55. The van der Waals surface area contributed by atoms with Crippen LogP contribution in [0.5, 0.6) is 0 Å². The van der Waals surface area contributed by atoms with Gasteiger partial charge in [-0.1, -0.05) is 0 Å². The van der Waals surface area contributed by atoms with E-state index in [1.54, 1.807) is 0 Å². The molecule has 0 aliphatic carbocycles. The lowest BCUT2D eigenvalue weighted by atomic mass is 9.99. The molecule has 4 saturated heterocycles. The predicted molar refractivity (Wildman–Crippen MR) is 37.6 cm³/mol.